The van der Waals surface area contributed by atoms with Crippen LogP contribution in [0, 0.1) is 0 Å². The molecule has 6 nitrogen and oxygen atoms in total. The number of aromatic amines is 1. The number of anilines is 1. The first-order valence-corrected chi connectivity index (χ1v) is 10.9. The number of nitrogens with one attached hydrogen (secondary N) is 1. The van der Waals surface area contributed by atoms with Crippen molar-refractivity contribution in [1.29, 1.82) is 0 Å². The molecule has 0 unspecified atom stereocenters. The molecule has 0 fully saturated rings. The van der Waals surface area contributed by atoms with Gasteiger partial charge in [0.1, 0.15) is 21.7 Å². The number of fused-ring (bicyclic) bond motifs is 2. The Hall–Kier alpha value is -3.84. The van der Waals surface area contributed by atoms with Crippen molar-refractivity contribution in [2.24, 2.45) is 0 Å². The Kier molecular flexibility index (Phi) is 5.25. The van der Waals surface area contributed by atoms with E-state index in [1.807, 2.05) is 66.7 Å². The molecule has 0 aliphatic rings. The van der Waals surface area contributed by atoms with Gasteiger partial charge in [0.15, 0.2) is 5.13 Å². The van der Waals surface area contributed by atoms with E-state index in [0.29, 0.717) is 34.3 Å². The van der Waals surface area contributed by atoms with Gasteiger partial charge in [-0.15, -0.1) is 0 Å². The Morgan fingerprint density at radius 2 is 1.69 bits per heavy atom. The van der Waals surface area contributed by atoms with Crippen LogP contribution in [-0.2, 0) is 6.54 Å². The summed E-state index contributed by atoms with van der Waals surface area (Å²) in [7, 11) is 3.23. The minimum Gasteiger partial charge on any atom is -0.495 e. The second-order valence-electron chi connectivity index (χ2n) is 7.27. The number of nitrogens with zero attached hydrogens (tertiary/aromatic N) is 2. The monoisotopic (exact) mass is 443 g/mol. The number of hydrogen-bond acceptors (Lipinski definition) is 5. The lowest BCUT2D eigenvalue weighted by atomic mass is 10.1. The number of ether oxygens (including phenoxy) is 2. The van der Waals surface area contributed by atoms with Gasteiger partial charge in [-0.1, -0.05) is 59.9 Å². The van der Waals surface area contributed by atoms with Crippen LogP contribution in [0.15, 0.2) is 72.9 Å². The maximum atomic E-state index is 13.8. The predicted octanol–water partition coefficient (Wildman–Crippen LogP) is 5.64. The third-order valence-corrected chi connectivity index (χ3v) is 6.47. The van der Waals surface area contributed by atoms with Gasteiger partial charge in [0.25, 0.3) is 5.91 Å². The van der Waals surface area contributed by atoms with Crippen molar-refractivity contribution >= 4 is 43.5 Å². The summed E-state index contributed by atoms with van der Waals surface area (Å²) in [4.78, 5) is 23.5. The molecule has 0 aliphatic heterocycles. The van der Waals surface area contributed by atoms with Crippen molar-refractivity contribution < 1.29 is 14.3 Å². The molecule has 0 saturated heterocycles. The molecule has 160 valence electrons. The summed E-state index contributed by atoms with van der Waals surface area (Å²) in [5, 5.41) is 1.47. The fraction of sp³-hybridized carbons (Fsp3) is 0.120. The van der Waals surface area contributed by atoms with Gasteiger partial charge in [-0.25, -0.2) is 4.98 Å². The van der Waals surface area contributed by atoms with Gasteiger partial charge in [0, 0.05) is 17.1 Å². The predicted molar refractivity (Wildman–Crippen MR) is 128 cm³/mol. The number of para-hydroxylation sites is 1. The quantitative estimate of drug-likeness (QED) is 0.369. The van der Waals surface area contributed by atoms with Crippen LogP contribution >= 0.6 is 11.3 Å². The Bertz CT molecular complexity index is 1370. The normalized spacial score (nSPS) is 11.1. The van der Waals surface area contributed by atoms with Crippen molar-refractivity contribution in [3.8, 4) is 11.5 Å². The number of thiazole rings is 1. The van der Waals surface area contributed by atoms with E-state index in [2.05, 4.69) is 4.98 Å². The molecule has 5 rings (SSSR count). The van der Waals surface area contributed by atoms with Gasteiger partial charge in [0.05, 0.1) is 26.3 Å². The summed E-state index contributed by atoms with van der Waals surface area (Å²) >= 11 is 1.42. The first kappa shape index (κ1) is 20.1. The van der Waals surface area contributed by atoms with Crippen molar-refractivity contribution in [2.45, 2.75) is 6.54 Å². The fourth-order valence-corrected chi connectivity index (χ4v) is 4.85. The summed E-state index contributed by atoms with van der Waals surface area (Å²) in [6.07, 6.45) is 1.76. The van der Waals surface area contributed by atoms with E-state index in [-0.39, 0.29) is 5.91 Å². The standard InChI is InChI=1S/C25H21N3O3S/c1-30-20-12-13-21(31-2)23-22(20)27-25(32-23)28(15-16-8-4-3-5-9-16)24(29)18-14-26-19-11-7-6-10-17(18)19/h3-14,26H,15H2,1-2H3. The number of benzene rings is 3. The molecule has 7 heteroatoms. The number of carbonyl (C=O) groups is 1. The van der Waals surface area contributed by atoms with E-state index in [1.165, 1.54) is 11.3 Å². The number of methoxy groups -OCH3 is 2. The minimum atomic E-state index is -0.122. The maximum Gasteiger partial charge on any atom is 0.262 e. The molecule has 0 radical (unpaired) electrons. The average molecular weight is 444 g/mol. The lowest BCUT2D eigenvalue weighted by Crippen LogP contribution is -2.30. The summed E-state index contributed by atoms with van der Waals surface area (Å²) < 4.78 is 11.9. The highest BCUT2D eigenvalue weighted by Crippen LogP contribution is 2.41. The third kappa shape index (κ3) is 3.46. The highest BCUT2D eigenvalue weighted by atomic mass is 32.1. The lowest BCUT2D eigenvalue weighted by molar-refractivity contribution is 0.0986. The zero-order valence-corrected chi connectivity index (χ0v) is 18.5. The Labute approximate surface area is 189 Å². The van der Waals surface area contributed by atoms with Crippen LogP contribution < -0.4 is 14.4 Å². The highest BCUT2D eigenvalue weighted by molar-refractivity contribution is 7.22. The molecule has 2 heterocycles. The Morgan fingerprint density at radius 1 is 0.969 bits per heavy atom. The molecule has 3 aromatic carbocycles. The van der Waals surface area contributed by atoms with E-state index in [1.54, 1.807) is 25.3 Å². The van der Waals surface area contributed by atoms with Crippen molar-refractivity contribution in [3.63, 3.8) is 0 Å². The number of carbonyl (C=O) groups excluding carboxylic acids is 1. The van der Waals surface area contributed by atoms with Gasteiger partial charge < -0.3 is 14.5 Å². The number of rotatable bonds is 6. The zero-order chi connectivity index (χ0) is 22.1. The largest absolute Gasteiger partial charge is 0.495 e. The molecule has 0 bridgehead atoms. The molecule has 1 N–H and O–H groups in total. The number of aromatic nitrogens is 2. The van der Waals surface area contributed by atoms with Crippen LogP contribution in [0.2, 0.25) is 0 Å². The number of amides is 1. The smallest absolute Gasteiger partial charge is 0.262 e. The molecule has 2 aromatic heterocycles. The molecular weight excluding hydrogens is 422 g/mol. The van der Waals surface area contributed by atoms with Crippen LogP contribution in [0.5, 0.6) is 11.5 Å². The molecule has 0 saturated carbocycles. The van der Waals surface area contributed by atoms with Crippen LogP contribution in [0.1, 0.15) is 15.9 Å². The first-order valence-electron chi connectivity index (χ1n) is 10.1. The number of H-pyrrole nitrogens is 1. The minimum absolute atomic E-state index is 0.122. The van der Waals surface area contributed by atoms with Gasteiger partial charge in [-0.2, -0.15) is 0 Å². The lowest BCUT2D eigenvalue weighted by Gasteiger charge is -2.20. The summed E-state index contributed by atoms with van der Waals surface area (Å²) in [6.45, 7) is 0.392. The van der Waals surface area contributed by atoms with Gasteiger partial charge in [0.2, 0.25) is 0 Å². The van der Waals surface area contributed by atoms with E-state index in [0.717, 1.165) is 21.2 Å². The van der Waals surface area contributed by atoms with Crippen LogP contribution in [0.25, 0.3) is 21.1 Å². The second-order valence-corrected chi connectivity index (χ2v) is 8.25. The van der Waals surface area contributed by atoms with Gasteiger partial charge >= 0.3 is 0 Å². The molecule has 1 amide bonds. The van der Waals surface area contributed by atoms with Crippen LogP contribution in [-0.4, -0.2) is 30.1 Å². The fourth-order valence-electron chi connectivity index (χ4n) is 3.78. The summed E-state index contributed by atoms with van der Waals surface area (Å²) in [5.41, 5.74) is 3.22. The average Bonchev–Trinajstić information content (AvgIpc) is 3.47. The third-order valence-electron chi connectivity index (χ3n) is 5.38. The van der Waals surface area contributed by atoms with Crippen LogP contribution in [0.3, 0.4) is 0 Å². The van der Waals surface area contributed by atoms with E-state index >= 15 is 0 Å². The van der Waals surface area contributed by atoms with E-state index in [4.69, 9.17) is 14.5 Å². The van der Waals surface area contributed by atoms with E-state index in [9.17, 15) is 4.79 Å². The van der Waals surface area contributed by atoms with Gasteiger partial charge in [-0.3, -0.25) is 9.69 Å². The summed E-state index contributed by atoms with van der Waals surface area (Å²) in [6, 6.07) is 21.4. The Morgan fingerprint density at radius 3 is 2.47 bits per heavy atom. The molecule has 32 heavy (non-hydrogen) atoms. The summed E-state index contributed by atoms with van der Waals surface area (Å²) in [5.74, 6) is 1.22. The topological polar surface area (TPSA) is 67.5 Å². The molecule has 0 spiro atoms. The van der Waals surface area contributed by atoms with Gasteiger partial charge in [-0.05, 0) is 23.8 Å². The number of hydrogen-bond donors (Lipinski definition) is 1. The zero-order valence-electron chi connectivity index (χ0n) is 17.7. The maximum absolute atomic E-state index is 13.8. The second kappa shape index (κ2) is 8.36. The molecule has 0 aliphatic carbocycles. The highest BCUT2D eigenvalue weighted by Gasteiger charge is 2.25. The molecular formula is C25H21N3O3S. The van der Waals surface area contributed by atoms with Crippen molar-refractivity contribution in [3.05, 3.63) is 84.1 Å². The van der Waals surface area contributed by atoms with Crippen molar-refractivity contribution in [2.75, 3.05) is 19.1 Å². The SMILES string of the molecule is COc1ccc(OC)c2sc(N(Cc3ccccc3)C(=O)c3c[nH]c4ccccc34)nc12. The molecule has 5 aromatic rings. The van der Waals surface area contributed by atoms with E-state index < -0.39 is 0 Å². The van der Waals surface area contributed by atoms with Crippen molar-refractivity contribution in [1.82, 2.24) is 9.97 Å². The Balaban J connectivity index is 1.66. The molecule has 0 atom stereocenters. The van der Waals surface area contributed by atoms with Crippen LogP contribution in [0.4, 0.5) is 5.13 Å². The first-order chi connectivity index (χ1) is 15.7.